The first kappa shape index (κ1) is 21.4. The number of aryl methyl sites for hydroxylation is 2. The lowest BCUT2D eigenvalue weighted by Gasteiger charge is -2.41. The molecule has 1 atom stereocenters. The normalized spacial score (nSPS) is 20.2. The van der Waals surface area contributed by atoms with Crippen LogP contribution < -0.4 is 15.4 Å². The number of nitrogens with one attached hydrogen (secondary N) is 2. The van der Waals surface area contributed by atoms with Gasteiger partial charge in [-0.1, -0.05) is 36.2 Å². The highest BCUT2D eigenvalue weighted by Gasteiger charge is 2.51. The topological polar surface area (TPSA) is 70.7 Å². The van der Waals surface area contributed by atoms with Crippen molar-refractivity contribution in [3.8, 4) is 5.75 Å². The summed E-state index contributed by atoms with van der Waals surface area (Å²) in [5, 5.41) is 6.60. The van der Waals surface area contributed by atoms with Crippen LogP contribution in [0.2, 0.25) is 0 Å². The molecule has 0 radical (unpaired) electrons. The lowest BCUT2D eigenvalue weighted by atomic mass is 9.88. The van der Waals surface area contributed by atoms with Gasteiger partial charge in [0.2, 0.25) is 11.8 Å². The second-order valence-corrected chi connectivity index (χ2v) is 8.73. The molecular weight excluding hydrogens is 390 g/mol. The van der Waals surface area contributed by atoms with Crippen molar-refractivity contribution < 1.29 is 14.3 Å². The van der Waals surface area contributed by atoms with Gasteiger partial charge >= 0.3 is 0 Å². The smallest absolute Gasteiger partial charge is 0.246 e. The number of hydrogen-bond donors (Lipinski definition) is 2. The van der Waals surface area contributed by atoms with E-state index in [9.17, 15) is 9.59 Å². The molecule has 6 nitrogen and oxygen atoms in total. The number of benzene rings is 2. The van der Waals surface area contributed by atoms with Gasteiger partial charge in [-0.2, -0.15) is 0 Å². The maximum Gasteiger partial charge on any atom is 0.246 e. The molecule has 1 unspecified atom stereocenters. The zero-order valence-electron chi connectivity index (χ0n) is 18.5. The van der Waals surface area contributed by atoms with E-state index in [1.165, 1.54) is 0 Å². The summed E-state index contributed by atoms with van der Waals surface area (Å²) in [6.45, 7) is 4.05. The van der Waals surface area contributed by atoms with Crippen LogP contribution in [0.15, 0.2) is 42.5 Å². The highest BCUT2D eigenvalue weighted by Crippen LogP contribution is 2.40. The van der Waals surface area contributed by atoms with Crippen LogP contribution in [0.5, 0.6) is 5.75 Å². The van der Waals surface area contributed by atoms with Gasteiger partial charge in [0.05, 0.1) is 12.8 Å². The van der Waals surface area contributed by atoms with Crippen LogP contribution in [0.4, 0.5) is 5.69 Å². The molecule has 1 saturated carbocycles. The quantitative estimate of drug-likeness (QED) is 0.763. The van der Waals surface area contributed by atoms with E-state index in [-0.39, 0.29) is 18.4 Å². The van der Waals surface area contributed by atoms with Gasteiger partial charge in [-0.05, 0) is 68.9 Å². The SMILES string of the molecule is COc1ccc(C2NC3(CCCCC3)N(CC(=O)Nc3ccc(C)cc3C)C2=O)cc1. The third-order valence-electron chi connectivity index (χ3n) is 6.53. The van der Waals surface area contributed by atoms with Gasteiger partial charge < -0.3 is 15.0 Å². The first-order valence-corrected chi connectivity index (χ1v) is 11.0. The Morgan fingerprint density at radius 3 is 2.48 bits per heavy atom. The van der Waals surface area contributed by atoms with Crippen molar-refractivity contribution in [1.82, 2.24) is 10.2 Å². The van der Waals surface area contributed by atoms with Crippen molar-refractivity contribution in [2.45, 2.75) is 57.7 Å². The minimum Gasteiger partial charge on any atom is -0.497 e. The summed E-state index contributed by atoms with van der Waals surface area (Å²) in [5.74, 6) is 0.552. The Morgan fingerprint density at radius 2 is 1.84 bits per heavy atom. The van der Waals surface area contributed by atoms with Crippen molar-refractivity contribution >= 4 is 17.5 Å². The average molecular weight is 422 g/mol. The molecule has 1 spiro atoms. The summed E-state index contributed by atoms with van der Waals surface area (Å²) in [5.41, 5.74) is 3.40. The molecule has 164 valence electrons. The number of rotatable bonds is 5. The molecule has 1 heterocycles. The van der Waals surface area contributed by atoms with Crippen molar-refractivity contribution in [1.29, 1.82) is 0 Å². The molecule has 1 aliphatic heterocycles. The summed E-state index contributed by atoms with van der Waals surface area (Å²) >= 11 is 0. The van der Waals surface area contributed by atoms with E-state index in [4.69, 9.17) is 4.74 Å². The third-order valence-corrected chi connectivity index (χ3v) is 6.53. The van der Waals surface area contributed by atoms with Gasteiger partial charge in [-0.25, -0.2) is 0 Å². The number of carbonyl (C=O) groups excluding carboxylic acids is 2. The molecule has 2 amide bonds. The Bertz CT molecular complexity index is 964. The Hall–Kier alpha value is -2.86. The molecule has 31 heavy (non-hydrogen) atoms. The number of amides is 2. The van der Waals surface area contributed by atoms with E-state index in [0.717, 1.165) is 60.2 Å². The van der Waals surface area contributed by atoms with Gasteiger partial charge in [0.25, 0.3) is 0 Å². The number of anilines is 1. The monoisotopic (exact) mass is 421 g/mol. The maximum atomic E-state index is 13.5. The molecule has 2 aromatic rings. The maximum absolute atomic E-state index is 13.5. The number of nitrogens with zero attached hydrogens (tertiary/aromatic N) is 1. The predicted molar refractivity (Wildman–Crippen MR) is 121 cm³/mol. The number of ether oxygens (including phenoxy) is 1. The Kier molecular flexibility index (Phi) is 6.01. The van der Waals surface area contributed by atoms with Crippen LogP contribution in [0.25, 0.3) is 0 Å². The fourth-order valence-electron chi connectivity index (χ4n) is 4.86. The molecular formula is C25H31N3O3. The van der Waals surface area contributed by atoms with Gasteiger partial charge in [0, 0.05) is 5.69 Å². The summed E-state index contributed by atoms with van der Waals surface area (Å²) < 4.78 is 5.25. The van der Waals surface area contributed by atoms with Crippen molar-refractivity contribution in [3.05, 3.63) is 59.2 Å². The van der Waals surface area contributed by atoms with Gasteiger partial charge in [-0.3, -0.25) is 14.9 Å². The highest BCUT2D eigenvalue weighted by molar-refractivity contribution is 5.97. The van der Waals surface area contributed by atoms with E-state index < -0.39 is 11.7 Å². The van der Waals surface area contributed by atoms with Crippen LogP contribution in [-0.2, 0) is 9.59 Å². The summed E-state index contributed by atoms with van der Waals surface area (Å²) in [6, 6.07) is 13.1. The lowest BCUT2D eigenvalue weighted by molar-refractivity contribution is -0.137. The molecule has 6 heteroatoms. The van der Waals surface area contributed by atoms with E-state index >= 15 is 0 Å². The summed E-state index contributed by atoms with van der Waals surface area (Å²) in [4.78, 5) is 28.2. The molecule has 1 aliphatic carbocycles. The predicted octanol–water partition coefficient (Wildman–Crippen LogP) is 4.08. The largest absolute Gasteiger partial charge is 0.497 e. The van der Waals surface area contributed by atoms with Crippen LogP contribution in [0.1, 0.15) is 54.8 Å². The van der Waals surface area contributed by atoms with Gasteiger partial charge in [0.15, 0.2) is 0 Å². The van der Waals surface area contributed by atoms with E-state index in [2.05, 4.69) is 10.6 Å². The first-order chi connectivity index (χ1) is 14.9. The van der Waals surface area contributed by atoms with E-state index in [1.54, 1.807) is 12.0 Å². The summed E-state index contributed by atoms with van der Waals surface area (Å²) in [6.07, 6.45) is 4.98. The third kappa shape index (κ3) is 4.30. The number of hydrogen-bond acceptors (Lipinski definition) is 4. The van der Waals surface area contributed by atoms with Crippen LogP contribution in [0.3, 0.4) is 0 Å². The van der Waals surface area contributed by atoms with Gasteiger partial charge in [0.1, 0.15) is 18.3 Å². The van der Waals surface area contributed by atoms with Crippen molar-refractivity contribution in [3.63, 3.8) is 0 Å². The molecule has 0 aromatic heterocycles. The van der Waals surface area contributed by atoms with Crippen LogP contribution in [0, 0.1) is 13.8 Å². The Morgan fingerprint density at radius 1 is 1.13 bits per heavy atom. The van der Waals surface area contributed by atoms with Crippen molar-refractivity contribution in [2.24, 2.45) is 0 Å². The summed E-state index contributed by atoms with van der Waals surface area (Å²) in [7, 11) is 1.63. The van der Waals surface area contributed by atoms with Crippen LogP contribution >= 0.6 is 0 Å². The number of carbonyl (C=O) groups is 2. The zero-order valence-corrected chi connectivity index (χ0v) is 18.5. The standard InChI is InChI=1S/C25H31N3O3/c1-17-7-12-21(18(2)15-17)26-22(29)16-28-24(30)23(19-8-10-20(31-3)11-9-19)27-25(28)13-5-4-6-14-25/h7-12,15,23,27H,4-6,13-14,16H2,1-3H3,(H,26,29). The van der Waals surface area contributed by atoms with E-state index in [0.29, 0.717) is 0 Å². The second kappa shape index (κ2) is 8.71. The molecule has 2 aliphatic rings. The average Bonchev–Trinajstić information content (AvgIpc) is 3.02. The van der Waals surface area contributed by atoms with Crippen molar-refractivity contribution in [2.75, 3.05) is 19.0 Å². The van der Waals surface area contributed by atoms with Crippen LogP contribution in [-0.4, -0.2) is 36.0 Å². The number of methoxy groups -OCH3 is 1. The Labute approximate surface area is 184 Å². The molecule has 2 fully saturated rings. The minimum absolute atomic E-state index is 0.0390. The highest BCUT2D eigenvalue weighted by atomic mass is 16.5. The fourth-order valence-corrected chi connectivity index (χ4v) is 4.86. The first-order valence-electron chi connectivity index (χ1n) is 11.0. The molecule has 0 bridgehead atoms. The van der Waals surface area contributed by atoms with Gasteiger partial charge in [-0.15, -0.1) is 0 Å². The molecule has 2 N–H and O–H groups in total. The minimum atomic E-state index is -0.459. The lowest BCUT2D eigenvalue weighted by Crippen LogP contribution is -2.55. The molecule has 1 saturated heterocycles. The molecule has 4 rings (SSSR count). The zero-order chi connectivity index (χ0) is 22.0. The molecule has 2 aromatic carbocycles. The fraction of sp³-hybridized carbons (Fsp3) is 0.440. The van der Waals surface area contributed by atoms with E-state index in [1.807, 2.05) is 56.3 Å². The Balaban J connectivity index is 1.56. The second-order valence-electron chi connectivity index (χ2n) is 8.73.